The van der Waals surface area contributed by atoms with Crippen LogP contribution in [0.2, 0.25) is 0 Å². The van der Waals surface area contributed by atoms with E-state index < -0.39 is 17.6 Å². The van der Waals surface area contributed by atoms with Gasteiger partial charge in [-0.15, -0.1) is 0 Å². The Kier molecular flexibility index (Phi) is 6.69. The van der Waals surface area contributed by atoms with Gasteiger partial charge in [-0.25, -0.2) is 23.8 Å². The number of carbonyl (C=O) groups excluding carboxylic acids is 2. The van der Waals surface area contributed by atoms with Crippen molar-refractivity contribution >= 4 is 11.8 Å². The lowest BCUT2D eigenvalue weighted by Crippen LogP contribution is -2.29. The number of aromatic amines is 1. The zero-order chi connectivity index (χ0) is 26.8. The summed E-state index contributed by atoms with van der Waals surface area (Å²) in [6.45, 7) is 0.119. The second-order valence-corrected chi connectivity index (χ2v) is 8.82. The molecule has 2 heterocycles. The van der Waals surface area contributed by atoms with Gasteiger partial charge in [0.1, 0.15) is 17.7 Å². The third kappa shape index (κ3) is 5.01. The summed E-state index contributed by atoms with van der Waals surface area (Å²) in [6.07, 6.45) is 2.60. The minimum atomic E-state index is -0.504. The van der Waals surface area contributed by atoms with Crippen LogP contribution in [-0.4, -0.2) is 43.7 Å². The number of halogens is 1. The SMILES string of the molecule is COc1cc(CNC(=O)c2cc(C(=O)N[C@H]3CCc4cc(-c5nn(C)c(=O)[nH]5)ccc43)ncn2)ccc1F. The number of aryl methyl sites for hydroxylation is 2. The smallest absolute Gasteiger partial charge is 0.343 e. The van der Waals surface area contributed by atoms with Crippen LogP contribution in [0.1, 0.15) is 50.1 Å². The molecule has 1 aliphatic rings. The fourth-order valence-electron chi connectivity index (χ4n) is 4.37. The number of nitrogens with one attached hydrogen (secondary N) is 3. The number of hydrogen-bond donors (Lipinski definition) is 3. The van der Waals surface area contributed by atoms with Crippen LogP contribution < -0.4 is 21.1 Å². The number of benzene rings is 2. The number of hydrogen-bond acceptors (Lipinski definition) is 7. The van der Waals surface area contributed by atoms with Gasteiger partial charge in [0, 0.05) is 25.2 Å². The maximum Gasteiger partial charge on any atom is 0.343 e. The van der Waals surface area contributed by atoms with Gasteiger partial charge in [-0.3, -0.25) is 14.6 Å². The minimum Gasteiger partial charge on any atom is -0.494 e. The van der Waals surface area contributed by atoms with Gasteiger partial charge in [0.25, 0.3) is 11.8 Å². The molecule has 0 unspecified atom stereocenters. The van der Waals surface area contributed by atoms with Gasteiger partial charge in [-0.2, -0.15) is 5.10 Å². The summed E-state index contributed by atoms with van der Waals surface area (Å²) in [4.78, 5) is 48.0. The second kappa shape index (κ2) is 10.2. The van der Waals surface area contributed by atoms with E-state index in [1.807, 2.05) is 18.2 Å². The lowest BCUT2D eigenvalue weighted by Gasteiger charge is -2.14. The fourth-order valence-corrected chi connectivity index (χ4v) is 4.37. The molecular weight excluding hydrogens is 493 g/mol. The van der Waals surface area contributed by atoms with Crippen molar-refractivity contribution in [2.24, 2.45) is 7.05 Å². The van der Waals surface area contributed by atoms with Gasteiger partial charge in [0.15, 0.2) is 17.4 Å². The van der Waals surface area contributed by atoms with Crippen LogP contribution in [0.4, 0.5) is 4.39 Å². The van der Waals surface area contributed by atoms with Crippen LogP contribution >= 0.6 is 0 Å². The molecule has 0 saturated heterocycles. The van der Waals surface area contributed by atoms with Crippen LogP contribution in [0.15, 0.2) is 53.6 Å². The molecule has 3 N–H and O–H groups in total. The summed E-state index contributed by atoms with van der Waals surface area (Å²) in [5, 5.41) is 9.86. The molecule has 2 aromatic heterocycles. The fraction of sp³-hybridized carbons (Fsp3) is 0.231. The Balaban J connectivity index is 1.24. The zero-order valence-electron chi connectivity index (χ0n) is 20.6. The maximum absolute atomic E-state index is 13.6. The van der Waals surface area contributed by atoms with Crippen molar-refractivity contribution in [2.75, 3.05) is 7.11 Å². The summed E-state index contributed by atoms with van der Waals surface area (Å²) in [5.74, 6) is -0.868. The van der Waals surface area contributed by atoms with E-state index in [1.165, 1.54) is 36.1 Å². The number of ether oxygens (including phenoxy) is 1. The van der Waals surface area contributed by atoms with Crippen molar-refractivity contribution in [2.45, 2.75) is 25.4 Å². The Morgan fingerprint density at radius 2 is 1.92 bits per heavy atom. The summed E-state index contributed by atoms with van der Waals surface area (Å²) in [7, 11) is 2.94. The van der Waals surface area contributed by atoms with E-state index in [0.717, 1.165) is 29.4 Å². The predicted molar refractivity (Wildman–Crippen MR) is 134 cm³/mol. The highest BCUT2D eigenvalue weighted by atomic mass is 19.1. The second-order valence-electron chi connectivity index (χ2n) is 8.82. The molecule has 38 heavy (non-hydrogen) atoms. The molecule has 1 atom stereocenters. The topological polar surface area (TPSA) is 144 Å². The van der Waals surface area contributed by atoms with Crippen molar-refractivity contribution in [1.29, 1.82) is 0 Å². The number of rotatable bonds is 7. The number of H-pyrrole nitrogens is 1. The molecule has 1 aliphatic carbocycles. The van der Waals surface area contributed by atoms with Gasteiger partial charge in [-0.1, -0.05) is 18.2 Å². The number of carbonyl (C=O) groups is 2. The monoisotopic (exact) mass is 517 g/mol. The zero-order valence-corrected chi connectivity index (χ0v) is 20.6. The Labute approximate surface area is 216 Å². The van der Waals surface area contributed by atoms with E-state index >= 15 is 0 Å². The molecule has 2 aromatic carbocycles. The number of fused-ring (bicyclic) bond motifs is 1. The van der Waals surface area contributed by atoms with Crippen LogP contribution in [-0.2, 0) is 20.0 Å². The number of methoxy groups -OCH3 is 1. The van der Waals surface area contributed by atoms with Crippen molar-refractivity contribution in [1.82, 2.24) is 35.4 Å². The standard InChI is InChI=1S/C26H24FN7O4/c1-34-26(37)32-23(33-34)16-4-6-17-15(10-16)5-8-19(17)31-25(36)21-11-20(29-13-30-21)24(35)28-12-14-3-7-18(27)22(9-14)38-2/h3-4,6-7,9-11,13,19H,5,8,12H2,1-2H3,(H,28,35)(H,31,36)(H,32,33,37)/t19-/m0/s1. The summed E-state index contributed by atoms with van der Waals surface area (Å²) in [6, 6.07) is 11.1. The van der Waals surface area contributed by atoms with Crippen LogP contribution in [0.3, 0.4) is 0 Å². The highest BCUT2D eigenvalue weighted by Crippen LogP contribution is 2.33. The van der Waals surface area contributed by atoms with E-state index in [0.29, 0.717) is 17.8 Å². The maximum atomic E-state index is 13.6. The first-order valence-corrected chi connectivity index (χ1v) is 11.8. The molecule has 0 spiro atoms. The predicted octanol–water partition coefficient (Wildman–Crippen LogP) is 2.06. The van der Waals surface area contributed by atoms with Crippen LogP contribution in [0.25, 0.3) is 11.4 Å². The number of amides is 2. The average Bonchev–Trinajstić information content (AvgIpc) is 3.49. The van der Waals surface area contributed by atoms with E-state index in [1.54, 1.807) is 7.05 Å². The third-order valence-corrected chi connectivity index (χ3v) is 6.37. The van der Waals surface area contributed by atoms with Gasteiger partial charge in [0.2, 0.25) is 0 Å². The molecular formula is C26H24FN7O4. The average molecular weight is 518 g/mol. The molecule has 0 fully saturated rings. The van der Waals surface area contributed by atoms with E-state index in [-0.39, 0.29) is 35.4 Å². The highest BCUT2D eigenvalue weighted by molar-refractivity contribution is 5.97. The molecule has 194 valence electrons. The molecule has 5 rings (SSSR count). The largest absolute Gasteiger partial charge is 0.494 e. The molecule has 2 amide bonds. The summed E-state index contributed by atoms with van der Waals surface area (Å²) in [5.41, 5.74) is 3.26. The molecule has 4 aromatic rings. The highest BCUT2D eigenvalue weighted by Gasteiger charge is 2.26. The molecule has 11 nitrogen and oxygen atoms in total. The Morgan fingerprint density at radius 1 is 1.13 bits per heavy atom. The number of nitrogens with zero attached hydrogens (tertiary/aromatic N) is 4. The van der Waals surface area contributed by atoms with Crippen molar-refractivity contribution in [3.63, 3.8) is 0 Å². The van der Waals surface area contributed by atoms with Gasteiger partial charge in [-0.05, 0) is 47.7 Å². The molecule has 12 heteroatoms. The van der Waals surface area contributed by atoms with Crippen LogP contribution in [0, 0.1) is 5.82 Å². The Bertz CT molecular complexity index is 1600. The third-order valence-electron chi connectivity index (χ3n) is 6.37. The van der Waals surface area contributed by atoms with Crippen molar-refractivity contribution in [3.05, 3.63) is 93.2 Å². The van der Waals surface area contributed by atoms with Crippen LogP contribution in [0.5, 0.6) is 5.75 Å². The van der Waals surface area contributed by atoms with Gasteiger partial charge >= 0.3 is 5.69 Å². The minimum absolute atomic E-state index is 0.0278. The van der Waals surface area contributed by atoms with E-state index in [4.69, 9.17) is 4.74 Å². The number of aromatic nitrogens is 5. The summed E-state index contributed by atoms with van der Waals surface area (Å²) >= 11 is 0. The molecule has 0 bridgehead atoms. The Hall–Kier alpha value is -4.87. The quantitative estimate of drug-likeness (QED) is 0.340. The molecule has 0 radical (unpaired) electrons. The van der Waals surface area contributed by atoms with Gasteiger partial charge in [0.05, 0.1) is 13.2 Å². The molecule has 0 aliphatic heterocycles. The van der Waals surface area contributed by atoms with E-state index in [2.05, 4.69) is 30.7 Å². The first kappa shape index (κ1) is 24.8. The lowest BCUT2D eigenvalue weighted by atomic mass is 10.0. The lowest BCUT2D eigenvalue weighted by molar-refractivity contribution is 0.0931. The first-order chi connectivity index (χ1) is 18.3. The van der Waals surface area contributed by atoms with Crippen molar-refractivity contribution in [3.8, 4) is 17.1 Å². The first-order valence-electron chi connectivity index (χ1n) is 11.8. The Morgan fingerprint density at radius 3 is 2.66 bits per heavy atom. The van der Waals surface area contributed by atoms with Gasteiger partial charge < -0.3 is 15.4 Å². The summed E-state index contributed by atoms with van der Waals surface area (Å²) < 4.78 is 19.8. The normalized spacial score (nSPS) is 14.1. The van der Waals surface area contributed by atoms with E-state index in [9.17, 15) is 18.8 Å². The van der Waals surface area contributed by atoms with Crippen molar-refractivity contribution < 1.29 is 18.7 Å². The molecule has 0 saturated carbocycles.